The van der Waals surface area contributed by atoms with Crippen molar-refractivity contribution in [3.8, 4) is 0 Å². The van der Waals surface area contributed by atoms with Gasteiger partial charge in [0.15, 0.2) is 0 Å². The Hall–Kier alpha value is -0.0400. The third-order valence-electron chi connectivity index (χ3n) is 3.33. The van der Waals surface area contributed by atoms with Gasteiger partial charge in [-0.15, -0.1) is 0 Å². The number of rotatable bonds is 11. The Balaban J connectivity index is 3.04. The minimum atomic E-state index is 0.984. The normalized spacial score (nSPS) is 11.2. The third-order valence-corrected chi connectivity index (χ3v) is 3.33. The maximum Gasteiger partial charge on any atom is -0.00489 e. The average molecular weight is 213 g/mol. The Labute approximate surface area is 97.0 Å². The molecule has 0 atom stereocenters. The minimum absolute atomic E-state index is 0.984. The lowest BCUT2D eigenvalue weighted by molar-refractivity contribution is 0.428. The molecule has 0 aromatic rings. The second-order valence-corrected chi connectivity index (χ2v) is 4.64. The van der Waals surface area contributed by atoms with E-state index in [1.807, 2.05) is 0 Å². The van der Waals surface area contributed by atoms with Crippen molar-refractivity contribution in [1.29, 1.82) is 0 Å². The Bertz CT molecular complexity index is 108. The topological polar surface area (TPSA) is 12.0 Å². The highest BCUT2D eigenvalue weighted by molar-refractivity contribution is 4.56. The van der Waals surface area contributed by atoms with Gasteiger partial charge in [-0.05, 0) is 31.8 Å². The molecule has 0 saturated carbocycles. The summed E-state index contributed by atoms with van der Waals surface area (Å²) in [6, 6.07) is 0. The van der Waals surface area contributed by atoms with E-state index in [2.05, 4.69) is 26.1 Å². The summed E-state index contributed by atoms with van der Waals surface area (Å²) in [5, 5.41) is 3.50. The van der Waals surface area contributed by atoms with E-state index in [0.717, 1.165) is 5.92 Å². The van der Waals surface area contributed by atoms with E-state index in [9.17, 15) is 0 Å². The molecule has 0 heterocycles. The van der Waals surface area contributed by atoms with Gasteiger partial charge in [0, 0.05) is 0 Å². The minimum Gasteiger partial charge on any atom is -0.317 e. The van der Waals surface area contributed by atoms with E-state index in [1.54, 1.807) is 0 Å². The van der Waals surface area contributed by atoms with Crippen LogP contribution < -0.4 is 5.32 Å². The average Bonchev–Trinajstić information content (AvgIpc) is 2.27. The molecule has 0 aliphatic rings. The maximum absolute atomic E-state index is 3.50. The predicted molar refractivity (Wildman–Crippen MR) is 70.3 cm³/mol. The molecule has 0 aliphatic carbocycles. The zero-order valence-electron chi connectivity index (χ0n) is 11.1. The molecule has 92 valence electrons. The van der Waals surface area contributed by atoms with Gasteiger partial charge in [-0.2, -0.15) is 0 Å². The molecule has 0 radical (unpaired) electrons. The molecular weight excluding hydrogens is 182 g/mol. The highest BCUT2D eigenvalue weighted by atomic mass is 14.8. The third kappa shape index (κ3) is 10.2. The van der Waals surface area contributed by atoms with Gasteiger partial charge in [0.25, 0.3) is 0 Å². The van der Waals surface area contributed by atoms with E-state index in [-0.39, 0.29) is 0 Å². The summed E-state index contributed by atoms with van der Waals surface area (Å²) in [6.45, 7) is 9.32. The summed E-state index contributed by atoms with van der Waals surface area (Å²) >= 11 is 0. The monoisotopic (exact) mass is 213 g/mol. The van der Waals surface area contributed by atoms with E-state index in [4.69, 9.17) is 0 Å². The van der Waals surface area contributed by atoms with Crippen LogP contribution in [0.4, 0.5) is 0 Å². The lowest BCUT2D eigenvalue weighted by Crippen LogP contribution is -2.16. The molecule has 1 N–H and O–H groups in total. The largest absolute Gasteiger partial charge is 0.317 e. The first-order chi connectivity index (χ1) is 7.35. The van der Waals surface area contributed by atoms with E-state index >= 15 is 0 Å². The summed E-state index contributed by atoms with van der Waals surface area (Å²) in [5.74, 6) is 0.984. The SMILES string of the molecule is CCCCNCCCCCC(CC)CC. The lowest BCUT2D eigenvalue weighted by Gasteiger charge is -2.11. The van der Waals surface area contributed by atoms with Crippen LogP contribution >= 0.6 is 0 Å². The van der Waals surface area contributed by atoms with E-state index in [1.165, 1.54) is 64.5 Å². The molecule has 0 amide bonds. The molecule has 1 heteroatoms. The lowest BCUT2D eigenvalue weighted by atomic mass is 9.96. The molecular formula is C14H31N. The molecule has 0 unspecified atom stereocenters. The van der Waals surface area contributed by atoms with Gasteiger partial charge >= 0.3 is 0 Å². The van der Waals surface area contributed by atoms with Crippen molar-refractivity contribution in [2.75, 3.05) is 13.1 Å². The van der Waals surface area contributed by atoms with Gasteiger partial charge in [-0.25, -0.2) is 0 Å². The van der Waals surface area contributed by atoms with Crippen molar-refractivity contribution in [2.24, 2.45) is 5.92 Å². The standard InChI is InChI=1S/C14H31N/c1-4-7-12-15-13-10-8-9-11-14(5-2)6-3/h14-15H,4-13H2,1-3H3. The number of hydrogen-bond donors (Lipinski definition) is 1. The summed E-state index contributed by atoms with van der Waals surface area (Å²) in [7, 11) is 0. The van der Waals surface area contributed by atoms with Gasteiger partial charge in [-0.1, -0.05) is 59.3 Å². The molecule has 0 bridgehead atoms. The molecule has 0 saturated heterocycles. The van der Waals surface area contributed by atoms with Crippen molar-refractivity contribution in [3.05, 3.63) is 0 Å². The summed E-state index contributed by atoms with van der Waals surface area (Å²) < 4.78 is 0. The Morgan fingerprint density at radius 1 is 0.800 bits per heavy atom. The van der Waals surface area contributed by atoms with E-state index in [0.29, 0.717) is 0 Å². The van der Waals surface area contributed by atoms with Crippen molar-refractivity contribution in [2.45, 2.75) is 72.1 Å². The predicted octanol–water partition coefficient (Wildman–Crippen LogP) is 4.37. The Morgan fingerprint density at radius 3 is 2.07 bits per heavy atom. The first kappa shape index (κ1) is 15.0. The number of nitrogens with one attached hydrogen (secondary N) is 1. The van der Waals surface area contributed by atoms with Crippen LogP contribution in [0.1, 0.15) is 72.1 Å². The summed E-state index contributed by atoms with van der Waals surface area (Å²) in [5.41, 5.74) is 0. The summed E-state index contributed by atoms with van der Waals surface area (Å²) in [4.78, 5) is 0. The van der Waals surface area contributed by atoms with Crippen molar-refractivity contribution >= 4 is 0 Å². The highest BCUT2D eigenvalue weighted by Crippen LogP contribution is 2.16. The Kier molecular flexibility index (Phi) is 12.0. The van der Waals surface area contributed by atoms with Crippen LogP contribution in [-0.4, -0.2) is 13.1 Å². The van der Waals surface area contributed by atoms with Crippen LogP contribution in [0.3, 0.4) is 0 Å². The maximum atomic E-state index is 3.50. The first-order valence-corrected chi connectivity index (χ1v) is 7.05. The van der Waals surface area contributed by atoms with Crippen LogP contribution in [0.5, 0.6) is 0 Å². The molecule has 0 aliphatic heterocycles. The highest BCUT2D eigenvalue weighted by Gasteiger charge is 2.01. The van der Waals surface area contributed by atoms with Crippen LogP contribution in [0.2, 0.25) is 0 Å². The van der Waals surface area contributed by atoms with Crippen LogP contribution in [0.25, 0.3) is 0 Å². The number of hydrogen-bond acceptors (Lipinski definition) is 1. The zero-order valence-corrected chi connectivity index (χ0v) is 11.1. The smallest absolute Gasteiger partial charge is 0.00489 e. The van der Waals surface area contributed by atoms with Crippen molar-refractivity contribution in [1.82, 2.24) is 5.32 Å². The molecule has 0 spiro atoms. The first-order valence-electron chi connectivity index (χ1n) is 7.05. The molecule has 0 aromatic heterocycles. The van der Waals surface area contributed by atoms with Gasteiger partial charge in [0.1, 0.15) is 0 Å². The molecule has 0 aromatic carbocycles. The second kappa shape index (κ2) is 12.0. The van der Waals surface area contributed by atoms with Crippen molar-refractivity contribution < 1.29 is 0 Å². The second-order valence-electron chi connectivity index (χ2n) is 4.64. The van der Waals surface area contributed by atoms with Gasteiger partial charge in [0.2, 0.25) is 0 Å². The van der Waals surface area contributed by atoms with Crippen LogP contribution in [0, 0.1) is 5.92 Å². The quantitative estimate of drug-likeness (QED) is 0.502. The fourth-order valence-corrected chi connectivity index (χ4v) is 1.98. The fraction of sp³-hybridized carbons (Fsp3) is 1.00. The van der Waals surface area contributed by atoms with Crippen molar-refractivity contribution in [3.63, 3.8) is 0 Å². The number of unbranched alkanes of at least 4 members (excludes halogenated alkanes) is 3. The van der Waals surface area contributed by atoms with Gasteiger partial charge in [0.05, 0.1) is 0 Å². The fourth-order valence-electron chi connectivity index (χ4n) is 1.98. The van der Waals surface area contributed by atoms with Crippen LogP contribution in [-0.2, 0) is 0 Å². The zero-order chi connectivity index (χ0) is 11.4. The van der Waals surface area contributed by atoms with Crippen LogP contribution in [0.15, 0.2) is 0 Å². The van der Waals surface area contributed by atoms with E-state index < -0.39 is 0 Å². The molecule has 0 rings (SSSR count). The molecule has 1 nitrogen and oxygen atoms in total. The molecule has 15 heavy (non-hydrogen) atoms. The summed E-state index contributed by atoms with van der Waals surface area (Å²) in [6.07, 6.45) is 11.0. The van der Waals surface area contributed by atoms with Gasteiger partial charge < -0.3 is 5.32 Å². The van der Waals surface area contributed by atoms with Gasteiger partial charge in [-0.3, -0.25) is 0 Å². The molecule has 0 fully saturated rings. The Morgan fingerprint density at radius 2 is 1.47 bits per heavy atom.